The minimum Gasteiger partial charge on any atom is -0.342 e. The van der Waals surface area contributed by atoms with E-state index in [1.807, 2.05) is 42.3 Å². The Morgan fingerprint density at radius 1 is 1.14 bits per heavy atom. The molecule has 0 saturated carbocycles. The fraction of sp³-hybridized carbons (Fsp3) is 0.529. The molecular formula is C17H22N2O2. The molecule has 0 bridgehead atoms. The van der Waals surface area contributed by atoms with Crippen LogP contribution in [0.15, 0.2) is 30.3 Å². The zero-order chi connectivity index (χ0) is 14.8. The largest absolute Gasteiger partial charge is 0.342 e. The third-order valence-corrected chi connectivity index (χ3v) is 4.74. The number of nitrogens with zero attached hydrogens (tertiary/aromatic N) is 2. The summed E-state index contributed by atoms with van der Waals surface area (Å²) >= 11 is 0. The van der Waals surface area contributed by atoms with Crippen LogP contribution >= 0.6 is 0 Å². The maximum Gasteiger partial charge on any atom is 0.228 e. The van der Waals surface area contributed by atoms with Crippen LogP contribution in [0.4, 0.5) is 0 Å². The van der Waals surface area contributed by atoms with Crippen LogP contribution in [0.2, 0.25) is 0 Å². The van der Waals surface area contributed by atoms with Crippen LogP contribution < -0.4 is 0 Å². The Morgan fingerprint density at radius 3 is 2.48 bits per heavy atom. The Hall–Kier alpha value is -1.84. The van der Waals surface area contributed by atoms with Gasteiger partial charge in [-0.3, -0.25) is 9.59 Å². The lowest BCUT2D eigenvalue weighted by Crippen LogP contribution is -2.47. The van der Waals surface area contributed by atoms with E-state index in [0.29, 0.717) is 12.8 Å². The Labute approximate surface area is 125 Å². The van der Waals surface area contributed by atoms with Gasteiger partial charge in [-0.25, -0.2) is 0 Å². The first kappa shape index (κ1) is 14.1. The zero-order valence-electron chi connectivity index (χ0n) is 12.5. The topological polar surface area (TPSA) is 40.6 Å². The van der Waals surface area contributed by atoms with Crippen molar-refractivity contribution in [2.45, 2.75) is 31.7 Å². The number of carbonyl (C=O) groups is 2. The van der Waals surface area contributed by atoms with E-state index in [1.165, 1.54) is 0 Å². The van der Waals surface area contributed by atoms with Crippen molar-refractivity contribution in [3.8, 4) is 0 Å². The second-order valence-corrected chi connectivity index (χ2v) is 6.04. The van der Waals surface area contributed by atoms with Crippen LogP contribution in [0.25, 0.3) is 0 Å². The molecule has 0 aromatic heterocycles. The highest BCUT2D eigenvalue weighted by Crippen LogP contribution is 2.37. The lowest BCUT2D eigenvalue weighted by Gasteiger charge is -2.40. The van der Waals surface area contributed by atoms with Crippen LogP contribution in [0, 0.1) is 5.92 Å². The first-order valence-electron chi connectivity index (χ1n) is 7.78. The summed E-state index contributed by atoms with van der Waals surface area (Å²) in [7, 11) is 1.82. The third-order valence-electron chi connectivity index (χ3n) is 4.74. The molecule has 0 spiro atoms. The van der Waals surface area contributed by atoms with E-state index in [1.54, 1.807) is 4.90 Å². The molecule has 0 radical (unpaired) electrons. The van der Waals surface area contributed by atoms with Crippen molar-refractivity contribution in [1.82, 2.24) is 9.80 Å². The number of carbonyl (C=O) groups excluding carboxylic acids is 2. The van der Waals surface area contributed by atoms with E-state index >= 15 is 0 Å². The van der Waals surface area contributed by atoms with E-state index in [-0.39, 0.29) is 23.8 Å². The average Bonchev–Trinajstić information content (AvgIpc) is 3.04. The van der Waals surface area contributed by atoms with Crippen molar-refractivity contribution in [2.24, 2.45) is 5.92 Å². The SMILES string of the molecule is CN1C(=O)CC[C@@H](C(=O)N2CCCC2)[C@@H]1c1ccccc1. The summed E-state index contributed by atoms with van der Waals surface area (Å²) in [5.74, 6) is 0.253. The maximum absolute atomic E-state index is 12.8. The molecule has 4 heteroatoms. The summed E-state index contributed by atoms with van der Waals surface area (Å²) in [4.78, 5) is 28.6. The smallest absolute Gasteiger partial charge is 0.228 e. The normalized spacial score (nSPS) is 26.2. The van der Waals surface area contributed by atoms with Crippen molar-refractivity contribution in [2.75, 3.05) is 20.1 Å². The lowest BCUT2D eigenvalue weighted by atomic mass is 9.83. The summed E-state index contributed by atoms with van der Waals surface area (Å²) < 4.78 is 0. The van der Waals surface area contributed by atoms with E-state index in [4.69, 9.17) is 0 Å². The van der Waals surface area contributed by atoms with Crippen LogP contribution in [0.5, 0.6) is 0 Å². The molecule has 0 aliphatic carbocycles. The van der Waals surface area contributed by atoms with Crippen molar-refractivity contribution in [1.29, 1.82) is 0 Å². The van der Waals surface area contributed by atoms with Gasteiger partial charge in [0.15, 0.2) is 0 Å². The molecule has 2 fully saturated rings. The van der Waals surface area contributed by atoms with E-state index in [9.17, 15) is 9.59 Å². The second-order valence-electron chi connectivity index (χ2n) is 6.04. The average molecular weight is 286 g/mol. The van der Waals surface area contributed by atoms with E-state index < -0.39 is 0 Å². The molecule has 1 aromatic rings. The summed E-state index contributed by atoms with van der Waals surface area (Å²) in [5, 5.41) is 0. The molecule has 2 heterocycles. The van der Waals surface area contributed by atoms with E-state index in [2.05, 4.69) is 0 Å². The third kappa shape index (κ3) is 2.67. The molecule has 2 amide bonds. The van der Waals surface area contributed by atoms with Crippen LogP contribution in [-0.2, 0) is 9.59 Å². The number of hydrogen-bond donors (Lipinski definition) is 0. The van der Waals surface area contributed by atoms with Gasteiger partial charge >= 0.3 is 0 Å². The van der Waals surface area contributed by atoms with Gasteiger partial charge in [-0.05, 0) is 24.8 Å². The van der Waals surface area contributed by atoms with Crippen molar-refractivity contribution >= 4 is 11.8 Å². The van der Waals surface area contributed by atoms with Crippen LogP contribution in [0.1, 0.15) is 37.3 Å². The van der Waals surface area contributed by atoms with Crippen LogP contribution in [0.3, 0.4) is 0 Å². The van der Waals surface area contributed by atoms with Gasteiger partial charge in [0.2, 0.25) is 11.8 Å². The molecule has 112 valence electrons. The Kier molecular flexibility index (Phi) is 3.95. The molecule has 0 N–H and O–H groups in total. The Balaban J connectivity index is 1.89. The predicted molar refractivity (Wildman–Crippen MR) is 80.5 cm³/mol. The second kappa shape index (κ2) is 5.88. The highest BCUT2D eigenvalue weighted by atomic mass is 16.2. The van der Waals surface area contributed by atoms with Gasteiger partial charge in [-0.2, -0.15) is 0 Å². The number of hydrogen-bond acceptors (Lipinski definition) is 2. The molecule has 0 unspecified atom stereocenters. The van der Waals surface area contributed by atoms with Crippen molar-refractivity contribution in [3.05, 3.63) is 35.9 Å². The minimum atomic E-state index is -0.124. The fourth-order valence-electron chi connectivity index (χ4n) is 3.57. The molecule has 2 aliphatic rings. The summed E-state index contributed by atoms with van der Waals surface area (Å²) in [6, 6.07) is 9.82. The van der Waals surface area contributed by atoms with E-state index in [0.717, 1.165) is 31.5 Å². The molecule has 2 saturated heterocycles. The van der Waals surface area contributed by atoms with Gasteiger partial charge in [-0.15, -0.1) is 0 Å². The number of likely N-dealkylation sites (tertiary alicyclic amines) is 2. The molecule has 21 heavy (non-hydrogen) atoms. The Bertz CT molecular complexity index is 523. The zero-order valence-corrected chi connectivity index (χ0v) is 12.5. The molecule has 2 atom stereocenters. The molecule has 4 nitrogen and oxygen atoms in total. The lowest BCUT2D eigenvalue weighted by molar-refractivity contribution is -0.146. The fourth-order valence-corrected chi connectivity index (χ4v) is 3.57. The summed E-state index contributed by atoms with van der Waals surface area (Å²) in [5.41, 5.74) is 1.06. The first-order chi connectivity index (χ1) is 10.2. The van der Waals surface area contributed by atoms with Crippen LogP contribution in [-0.4, -0.2) is 41.8 Å². The molecule has 2 aliphatic heterocycles. The number of amides is 2. The summed E-state index contributed by atoms with van der Waals surface area (Å²) in [6.45, 7) is 1.74. The van der Waals surface area contributed by atoms with Crippen molar-refractivity contribution in [3.63, 3.8) is 0 Å². The Morgan fingerprint density at radius 2 is 1.81 bits per heavy atom. The summed E-state index contributed by atoms with van der Waals surface area (Å²) in [6.07, 6.45) is 3.34. The molecular weight excluding hydrogens is 264 g/mol. The number of benzene rings is 1. The van der Waals surface area contributed by atoms with Gasteiger partial charge in [0, 0.05) is 26.6 Å². The van der Waals surface area contributed by atoms with Gasteiger partial charge in [-0.1, -0.05) is 30.3 Å². The quantitative estimate of drug-likeness (QED) is 0.836. The van der Waals surface area contributed by atoms with Gasteiger partial charge in [0.05, 0.1) is 12.0 Å². The van der Waals surface area contributed by atoms with Gasteiger partial charge in [0.25, 0.3) is 0 Å². The molecule has 1 aromatic carbocycles. The number of rotatable bonds is 2. The molecule has 3 rings (SSSR count). The predicted octanol–water partition coefficient (Wildman–Crippen LogP) is 2.22. The highest BCUT2D eigenvalue weighted by Gasteiger charge is 2.40. The minimum absolute atomic E-state index is 0.104. The van der Waals surface area contributed by atoms with Gasteiger partial charge < -0.3 is 9.80 Å². The van der Waals surface area contributed by atoms with Gasteiger partial charge in [0.1, 0.15) is 0 Å². The van der Waals surface area contributed by atoms with Crippen molar-refractivity contribution < 1.29 is 9.59 Å². The standard InChI is InChI=1S/C17H22N2O2/c1-18-15(20)10-9-14(17(21)19-11-5-6-12-19)16(18)13-7-3-2-4-8-13/h2-4,7-8,14,16H,5-6,9-12H2,1H3/t14-,16+/m1/s1. The monoisotopic (exact) mass is 286 g/mol. The maximum atomic E-state index is 12.8. The first-order valence-corrected chi connectivity index (χ1v) is 7.78. The highest BCUT2D eigenvalue weighted by molar-refractivity contribution is 5.85. The number of piperidine rings is 1.